The Bertz CT molecular complexity index is 1420. The number of hydrogen-bond acceptors (Lipinski definition) is 9. The first-order chi connectivity index (χ1) is 19.3. The van der Waals surface area contributed by atoms with Crippen LogP contribution in [0.3, 0.4) is 0 Å². The van der Waals surface area contributed by atoms with E-state index in [4.69, 9.17) is 16.3 Å². The number of nitrogens with one attached hydrogen (secondary N) is 1. The molecule has 14 heteroatoms. The molecule has 4 heterocycles. The number of fused-ring (bicyclic) bond motifs is 1. The first-order valence-electron chi connectivity index (χ1n) is 12.9. The minimum atomic E-state index is -3.03. The van der Waals surface area contributed by atoms with E-state index in [9.17, 15) is 19.1 Å². The molecule has 0 aliphatic carbocycles. The fourth-order valence-electron chi connectivity index (χ4n) is 5.76. The summed E-state index contributed by atoms with van der Waals surface area (Å²) in [4.78, 5) is 37.2. The van der Waals surface area contributed by atoms with Gasteiger partial charge in [0, 0.05) is 60.1 Å². The van der Waals surface area contributed by atoms with E-state index in [1.54, 1.807) is 35.2 Å². The molecule has 0 radical (unpaired) electrons. The number of benzene rings is 1. The van der Waals surface area contributed by atoms with Crippen molar-refractivity contribution in [3.63, 3.8) is 0 Å². The lowest BCUT2D eigenvalue weighted by Crippen LogP contribution is -2.44. The number of halogens is 4. The summed E-state index contributed by atoms with van der Waals surface area (Å²) in [6, 6.07) is 2.15. The van der Waals surface area contributed by atoms with E-state index in [1.165, 1.54) is 30.6 Å². The van der Waals surface area contributed by atoms with Crippen molar-refractivity contribution in [2.75, 3.05) is 39.8 Å². The molecular formula is C27H29ClF3N5O4S. The van der Waals surface area contributed by atoms with Gasteiger partial charge in [0.1, 0.15) is 11.9 Å². The minimum absolute atomic E-state index is 0.0418. The number of thiazole rings is 1. The van der Waals surface area contributed by atoms with Crippen LogP contribution in [0.15, 0.2) is 46.0 Å². The number of carboxylic acids is 1. The van der Waals surface area contributed by atoms with Crippen molar-refractivity contribution in [1.82, 2.24) is 20.1 Å². The van der Waals surface area contributed by atoms with Crippen LogP contribution in [0.25, 0.3) is 0 Å². The predicted octanol–water partition coefficient (Wildman–Crippen LogP) is 3.82. The normalized spacial score (nSPS) is 24.7. The van der Waals surface area contributed by atoms with Gasteiger partial charge in [0.25, 0.3) is 5.92 Å². The molecule has 2 saturated heterocycles. The summed E-state index contributed by atoms with van der Waals surface area (Å²) in [6.07, 6.45) is 1.58. The molecule has 2 fully saturated rings. The largest absolute Gasteiger partial charge is 0.481 e. The van der Waals surface area contributed by atoms with Gasteiger partial charge in [0.15, 0.2) is 10.8 Å². The third kappa shape index (κ3) is 5.72. The Hall–Kier alpha value is -3.00. The molecule has 1 aromatic carbocycles. The second-order valence-electron chi connectivity index (χ2n) is 11.1. The molecule has 9 nitrogen and oxygen atoms in total. The second-order valence-corrected chi connectivity index (χ2v) is 12.4. The van der Waals surface area contributed by atoms with Crippen LogP contribution in [-0.4, -0.2) is 89.5 Å². The topological polar surface area (TPSA) is 107 Å². The Labute approximate surface area is 243 Å². The molecule has 0 bridgehead atoms. The molecule has 3 atom stereocenters. The van der Waals surface area contributed by atoms with Crippen LogP contribution >= 0.6 is 22.9 Å². The highest BCUT2D eigenvalue weighted by Gasteiger charge is 2.58. The third-order valence-corrected chi connectivity index (χ3v) is 8.88. The first-order valence-corrected chi connectivity index (χ1v) is 14.1. The van der Waals surface area contributed by atoms with E-state index in [0.717, 1.165) is 6.07 Å². The molecule has 0 saturated carbocycles. The maximum absolute atomic E-state index is 15.3. The average Bonchev–Trinajstić information content (AvgIpc) is 3.62. The van der Waals surface area contributed by atoms with Gasteiger partial charge in [0.05, 0.1) is 30.6 Å². The summed E-state index contributed by atoms with van der Waals surface area (Å²) in [5.74, 6) is -6.03. The van der Waals surface area contributed by atoms with Crippen molar-refractivity contribution in [2.24, 2.45) is 16.3 Å². The number of amidine groups is 1. The number of carbonyl (C=O) groups excluding carboxylic acids is 1. The van der Waals surface area contributed by atoms with Crippen molar-refractivity contribution in [3.05, 3.63) is 62.5 Å². The Balaban J connectivity index is 1.52. The molecule has 3 aliphatic heterocycles. The molecule has 41 heavy (non-hydrogen) atoms. The third-order valence-electron chi connectivity index (χ3n) is 7.77. The molecular weight excluding hydrogens is 583 g/mol. The van der Waals surface area contributed by atoms with Crippen molar-refractivity contribution in [3.8, 4) is 0 Å². The van der Waals surface area contributed by atoms with Crippen LogP contribution in [0.2, 0.25) is 5.02 Å². The zero-order valence-electron chi connectivity index (χ0n) is 22.5. The number of ether oxygens (including phenoxy) is 1. The summed E-state index contributed by atoms with van der Waals surface area (Å²) in [5, 5.41) is 15.0. The lowest BCUT2D eigenvalue weighted by molar-refractivity contribution is -0.148. The Morgan fingerprint density at radius 1 is 1.32 bits per heavy atom. The number of rotatable bonds is 8. The summed E-state index contributed by atoms with van der Waals surface area (Å²) in [5.41, 5.74) is -0.405. The van der Waals surface area contributed by atoms with Crippen LogP contribution < -0.4 is 5.32 Å². The summed E-state index contributed by atoms with van der Waals surface area (Å²) in [7, 11) is 1.20. The van der Waals surface area contributed by atoms with Crippen LogP contribution in [0.1, 0.15) is 30.5 Å². The standard InChI is InChI=1S/C27H29ClF3N5O4S/c1-26(2,25(38)39)12-35-9-16-19(11-35)36(13-27(16,30)31)10-18-20(24(37)40-3)21(15-5-4-14(29)8-17(15)28)34-22(33-18)23-32-6-7-41-23/h4-8,16,19,21H,9-13H2,1-3H3,(H,33,34)(H,38,39)/t16-,19+,21?/m1/s1. The number of aliphatic imine (C=N–C) groups is 1. The van der Waals surface area contributed by atoms with Crippen molar-refractivity contribution >= 4 is 40.7 Å². The number of likely N-dealkylation sites (tertiary alicyclic amines) is 2. The molecule has 3 aliphatic rings. The quantitative estimate of drug-likeness (QED) is 0.434. The fourth-order valence-corrected chi connectivity index (χ4v) is 6.61. The number of carbonyl (C=O) groups is 2. The molecule has 5 rings (SSSR count). The van der Waals surface area contributed by atoms with Crippen LogP contribution in [0.5, 0.6) is 0 Å². The van der Waals surface area contributed by atoms with E-state index in [0.29, 0.717) is 22.1 Å². The highest BCUT2D eigenvalue weighted by molar-refractivity contribution is 7.11. The maximum Gasteiger partial charge on any atom is 0.338 e. The first kappa shape index (κ1) is 29.5. The number of aromatic nitrogens is 1. The van der Waals surface area contributed by atoms with Gasteiger partial charge >= 0.3 is 11.9 Å². The molecule has 2 N–H and O–H groups in total. The highest BCUT2D eigenvalue weighted by atomic mass is 35.5. The second kappa shape index (κ2) is 11.0. The Kier molecular flexibility index (Phi) is 7.92. The number of alkyl halides is 2. The van der Waals surface area contributed by atoms with E-state index in [-0.39, 0.29) is 36.8 Å². The van der Waals surface area contributed by atoms with Gasteiger partial charge < -0.3 is 20.1 Å². The van der Waals surface area contributed by atoms with Gasteiger partial charge in [-0.25, -0.2) is 22.9 Å². The monoisotopic (exact) mass is 611 g/mol. The summed E-state index contributed by atoms with van der Waals surface area (Å²) >= 11 is 7.69. The smallest absolute Gasteiger partial charge is 0.338 e. The fraction of sp³-hybridized carbons (Fsp3) is 0.481. The van der Waals surface area contributed by atoms with Crippen LogP contribution in [-0.2, 0) is 14.3 Å². The van der Waals surface area contributed by atoms with Crippen LogP contribution in [0, 0.1) is 17.2 Å². The average molecular weight is 612 g/mol. The van der Waals surface area contributed by atoms with Crippen molar-refractivity contribution < 1.29 is 32.6 Å². The molecule has 1 unspecified atom stereocenters. The Morgan fingerprint density at radius 3 is 2.71 bits per heavy atom. The van der Waals surface area contributed by atoms with E-state index in [2.05, 4.69) is 15.3 Å². The Morgan fingerprint density at radius 2 is 2.07 bits per heavy atom. The lowest BCUT2D eigenvalue weighted by atomic mass is 9.93. The van der Waals surface area contributed by atoms with Gasteiger partial charge in [-0.05, 0) is 26.0 Å². The number of hydrogen-bond donors (Lipinski definition) is 2. The number of aliphatic carboxylic acids is 1. The molecule has 0 amide bonds. The van der Waals surface area contributed by atoms with Gasteiger partial charge in [-0.15, -0.1) is 11.3 Å². The highest BCUT2D eigenvalue weighted by Crippen LogP contribution is 2.44. The van der Waals surface area contributed by atoms with Gasteiger partial charge in [-0.1, -0.05) is 17.7 Å². The number of nitrogens with zero attached hydrogens (tertiary/aromatic N) is 4. The molecule has 220 valence electrons. The minimum Gasteiger partial charge on any atom is -0.481 e. The van der Waals surface area contributed by atoms with E-state index in [1.807, 2.05) is 0 Å². The number of esters is 1. The number of methoxy groups -OCH3 is 1. The van der Waals surface area contributed by atoms with Gasteiger partial charge in [-0.2, -0.15) is 0 Å². The summed E-state index contributed by atoms with van der Waals surface area (Å²) < 4.78 is 49.6. The molecule has 0 spiro atoms. The van der Waals surface area contributed by atoms with E-state index >= 15 is 8.78 Å². The maximum atomic E-state index is 15.3. The summed E-state index contributed by atoms with van der Waals surface area (Å²) in [6.45, 7) is 2.96. The van der Waals surface area contributed by atoms with Crippen molar-refractivity contribution in [2.45, 2.75) is 31.9 Å². The zero-order valence-corrected chi connectivity index (χ0v) is 24.1. The predicted molar refractivity (Wildman–Crippen MR) is 147 cm³/mol. The SMILES string of the molecule is COC(=O)C1=C(CN2CC(F)(F)[C@@H]3CN(CC(C)(C)C(=O)O)C[C@@H]32)NC(c2nccs2)=NC1c1ccc(F)cc1Cl. The van der Waals surface area contributed by atoms with Gasteiger partial charge in [-0.3, -0.25) is 14.7 Å². The lowest BCUT2D eigenvalue weighted by Gasteiger charge is -2.32. The van der Waals surface area contributed by atoms with Gasteiger partial charge in [0.2, 0.25) is 0 Å². The number of carboxylic acid groups (broad SMARTS) is 1. The molecule has 2 aromatic rings. The zero-order chi connectivity index (χ0) is 29.7. The van der Waals surface area contributed by atoms with E-state index < -0.39 is 53.6 Å². The molecule has 1 aromatic heterocycles. The van der Waals surface area contributed by atoms with Crippen LogP contribution in [0.4, 0.5) is 13.2 Å². The van der Waals surface area contributed by atoms with Crippen molar-refractivity contribution in [1.29, 1.82) is 0 Å².